The van der Waals surface area contributed by atoms with Crippen LogP contribution in [0.2, 0.25) is 0 Å². The fourth-order valence-electron chi connectivity index (χ4n) is 2.37. The van der Waals surface area contributed by atoms with E-state index in [4.69, 9.17) is 4.74 Å². The SMILES string of the molecule is CCNC1CCC(OCC(=O)NC(C)(C)C)CC1. The van der Waals surface area contributed by atoms with E-state index in [9.17, 15) is 4.79 Å². The summed E-state index contributed by atoms with van der Waals surface area (Å²) >= 11 is 0. The number of ether oxygens (including phenoxy) is 1. The molecule has 0 aromatic rings. The Labute approximate surface area is 111 Å². The molecule has 1 saturated carbocycles. The van der Waals surface area contributed by atoms with Crippen molar-refractivity contribution in [3.63, 3.8) is 0 Å². The van der Waals surface area contributed by atoms with Crippen LogP contribution in [0.3, 0.4) is 0 Å². The minimum absolute atomic E-state index is 0.0173. The fourth-order valence-corrected chi connectivity index (χ4v) is 2.37. The highest BCUT2D eigenvalue weighted by molar-refractivity contribution is 5.77. The summed E-state index contributed by atoms with van der Waals surface area (Å²) in [5.74, 6) is -0.0173. The highest BCUT2D eigenvalue weighted by Gasteiger charge is 2.22. The predicted octanol–water partition coefficient (Wildman–Crippen LogP) is 1.84. The van der Waals surface area contributed by atoms with Crippen LogP contribution in [0.1, 0.15) is 53.4 Å². The van der Waals surface area contributed by atoms with E-state index in [-0.39, 0.29) is 24.2 Å². The lowest BCUT2D eigenvalue weighted by atomic mass is 9.93. The molecule has 0 unspecified atom stereocenters. The van der Waals surface area contributed by atoms with Crippen molar-refractivity contribution in [1.82, 2.24) is 10.6 Å². The number of amides is 1. The van der Waals surface area contributed by atoms with Gasteiger partial charge in [0.05, 0.1) is 6.10 Å². The molecule has 0 radical (unpaired) electrons. The summed E-state index contributed by atoms with van der Waals surface area (Å²) in [6.07, 6.45) is 4.67. The van der Waals surface area contributed by atoms with Crippen molar-refractivity contribution >= 4 is 5.91 Å². The van der Waals surface area contributed by atoms with Crippen LogP contribution in [0.25, 0.3) is 0 Å². The lowest BCUT2D eigenvalue weighted by molar-refractivity contribution is -0.129. The number of hydrogen-bond donors (Lipinski definition) is 2. The predicted molar refractivity (Wildman–Crippen MR) is 73.6 cm³/mol. The minimum Gasteiger partial charge on any atom is -0.368 e. The molecule has 0 saturated heterocycles. The van der Waals surface area contributed by atoms with Gasteiger partial charge in [0.1, 0.15) is 6.61 Å². The Morgan fingerprint density at radius 2 is 1.83 bits per heavy atom. The Balaban J connectivity index is 2.16. The Morgan fingerprint density at radius 3 is 2.33 bits per heavy atom. The van der Waals surface area contributed by atoms with E-state index in [0.29, 0.717) is 6.04 Å². The smallest absolute Gasteiger partial charge is 0.246 e. The molecule has 0 atom stereocenters. The molecule has 4 nitrogen and oxygen atoms in total. The van der Waals surface area contributed by atoms with Gasteiger partial charge >= 0.3 is 0 Å². The summed E-state index contributed by atoms with van der Waals surface area (Å²) in [5.41, 5.74) is -0.177. The summed E-state index contributed by atoms with van der Waals surface area (Å²) in [5, 5.41) is 6.38. The van der Waals surface area contributed by atoms with Gasteiger partial charge in [0.2, 0.25) is 5.91 Å². The maximum absolute atomic E-state index is 11.6. The summed E-state index contributed by atoms with van der Waals surface area (Å²) in [4.78, 5) is 11.6. The molecule has 106 valence electrons. The van der Waals surface area contributed by atoms with Gasteiger partial charge in [-0.15, -0.1) is 0 Å². The Bertz CT molecular complexity index is 253. The van der Waals surface area contributed by atoms with E-state index < -0.39 is 0 Å². The third-order valence-corrected chi connectivity index (χ3v) is 3.13. The molecular weight excluding hydrogens is 228 g/mol. The molecule has 2 N–H and O–H groups in total. The zero-order valence-electron chi connectivity index (χ0n) is 12.2. The van der Waals surface area contributed by atoms with E-state index in [1.165, 1.54) is 0 Å². The van der Waals surface area contributed by atoms with Gasteiger partial charge in [-0.1, -0.05) is 6.92 Å². The summed E-state index contributed by atoms with van der Waals surface area (Å²) < 4.78 is 5.68. The summed E-state index contributed by atoms with van der Waals surface area (Å²) in [7, 11) is 0. The average molecular weight is 256 g/mol. The van der Waals surface area contributed by atoms with Crippen LogP contribution in [-0.2, 0) is 9.53 Å². The molecule has 0 aromatic carbocycles. The molecule has 1 fully saturated rings. The first-order valence-corrected chi connectivity index (χ1v) is 7.06. The van der Waals surface area contributed by atoms with Gasteiger partial charge in [0.25, 0.3) is 0 Å². The van der Waals surface area contributed by atoms with Gasteiger partial charge in [-0.25, -0.2) is 0 Å². The van der Waals surface area contributed by atoms with Crippen molar-refractivity contribution in [3.05, 3.63) is 0 Å². The first-order chi connectivity index (χ1) is 8.40. The van der Waals surface area contributed by atoms with Gasteiger partial charge < -0.3 is 15.4 Å². The molecule has 1 aliphatic rings. The lowest BCUT2D eigenvalue weighted by Gasteiger charge is -2.29. The van der Waals surface area contributed by atoms with E-state index >= 15 is 0 Å². The molecule has 1 amide bonds. The van der Waals surface area contributed by atoms with Crippen LogP contribution in [0.15, 0.2) is 0 Å². The van der Waals surface area contributed by atoms with E-state index in [2.05, 4.69) is 17.6 Å². The van der Waals surface area contributed by atoms with Crippen LogP contribution in [0, 0.1) is 0 Å². The van der Waals surface area contributed by atoms with Gasteiger partial charge in [-0.2, -0.15) is 0 Å². The van der Waals surface area contributed by atoms with E-state index in [1.807, 2.05) is 20.8 Å². The largest absolute Gasteiger partial charge is 0.368 e. The zero-order chi connectivity index (χ0) is 13.6. The molecule has 0 aliphatic heterocycles. The Hall–Kier alpha value is -0.610. The van der Waals surface area contributed by atoms with Gasteiger partial charge in [-0.3, -0.25) is 4.79 Å². The van der Waals surface area contributed by atoms with Crippen LogP contribution in [0.5, 0.6) is 0 Å². The van der Waals surface area contributed by atoms with Crippen molar-refractivity contribution < 1.29 is 9.53 Å². The quantitative estimate of drug-likeness (QED) is 0.789. The number of carbonyl (C=O) groups is 1. The second-order valence-electron chi connectivity index (χ2n) is 6.14. The second kappa shape index (κ2) is 7.10. The number of hydrogen-bond acceptors (Lipinski definition) is 3. The summed E-state index contributed by atoms with van der Waals surface area (Å²) in [6.45, 7) is 9.29. The van der Waals surface area contributed by atoms with Gasteiger partial charge in [-0.05, 0) is 53.0 Å². The number of carbonyl (C=O) groups excluding carboxylic acids is 1. The van der Waals surface area contributed by atoms with Gasteiger partial charge in [0.15, 0.2) is 0 Å². The van der Waals surface area contributed by atoms with Crippen LogP contribution in [-0.4, -0.2) is 36.7 Å². The Morgan fingerprint density at radius 1 is 1.22 bits per heavy atom. The molecule has 0 heterocycles. The fraction of sp³-hybridized carbons (Fsp3) is 0.929. The van der Waals surface area contributed by atoms with Crippen molar-refractivity contribution in [1.29, 1.82) is 0 Å². The molecule has 1 aliphatic carbocycles. The molecule has 1 rings (SSSR count). The minimum atomic E-state index is -0.177. The second-order valence-corrected chi connectivity index (χ2v) is 6.14. The first-order valence-electron chi connectivity index (χ1n) is 7.06. The van der Waals surface area contributed by atoms with Gasteiger partial charge in [0, 0.05) is 11.6 Å². The van der Waals surface area contributed by atoms with Crippen LogP contribution >= 0.6 is 0 Å². The molecule has 0 bridgehead atoms. The summed E-state index contributed by atoms with van der Waals surface area (Å²) in [6, 6.07) is 0.637. The van der Waals surface area contributed by atoms with Crippen molar-refractivity contribution in [2.75, 3.05) is 13.2 Å². The highest BCUT2D eigenvalue weighted by atomic mass is 16.5. The lowest BCUT2D eigenvalue weighted by Crippen LogP contribution is -2.43. The molecule has 18 heavy (non-hydrogen) atoms. The molecular formula is C14H28N2O2. The van der Waals surface area contributed by atoms with E-state index in [0.717, 1.165) is 32.2 Å². The molecule has 4 heteroatoms. The third kappa shape index (κ3) is 6.36. The van der Waals surface area contributed by atoms with Crippen molar-refractivity contribution in [3.8, 4) is 0 Å². The maximum Gasteiger partial charge on any atom is 0.246 e. The third-order valence-electron chi connectivity index (χ3n) is 3.13. The van der Waals surface area contributed by atoms with Crippen LogP contribution < -0.4 is 10.6 Å². The Kier molecular flexibility index (Phi) is 6.09. The maximum atomic E-state index is 11.6. The topological polar surface area (TPSA) is 50.4 Å². The van der Waals surface area contributed by atoms with E-state index in [1.54, 1.807) is 0 Å². The normalized spacial score (nSPS) is 24.9. The molecule has 0 aromatic heterocycles. The average Bonchev–Trinajstić information content (AvgIpc) is 2.26. The highest BCUT2D eigenvalue weighted by Crippen LogP contribution is 2.21. The zero-order valence-corrected chi connectivity index (χ0v) is 12.2. The number of rotatable bonds is 5. The van der Waals surface area contributed by atoms with Crippen molar-refractivity contribution in [2.24, 2.45) is 0 Å². The number of nitrogens with one attached hydrogen (secondary N) is 2. The van der Waals surface area contributed by atoms with Crippen LogP contribution in [0.4, 0.5) is 0 Å². The standard InChI is InChI=1S/C14H28N2O2/c1-5-15-11-6-8-12(9-7-11)18-10-13(17)16-14(2,3)4/h11-12,15H,5-10H2,1-4H3,(H,16,17). The monoisotopic (exact) mass is 256 g/mol. The molecule has 0 spiro atoms. The first kappa shape index (κ1) is 15.4. The van der Waals surface area contributed by atoms with Crippen molar-refractivity contribution in [2.45, 2.75) is 71.1 Å².